The van der Waals surface area contributed by atoms with E-state index in [9.17, 15) is 13.2 Å². The summed E-state index contributed by atoms with van der Waals surface area (Å²) in [4.78, 5) is 21.9. The van der Waals surface area contributed by atoms with Crippen molar-refractivity contribution in [1.29, 1.82) is 0 Å². The molecule has 34 heavy (non-hydrogen) atoms. The van der Waals surface area contributed by atoms with Crippen molar-refractivity contribution < 1.29 is 17.9 Å². The second-order valence-corrected chi connectivity index (χ2v) is 11.9. The molecule has 184 valence electrons. The van der Waals surface area contributed by atoms with Crippen molar-refractivity contribution in [2.24, 2.45) is 0 Å². The van der Waals surface area contributed by atoms with Crippen molar-refractivity contribution in [1.82, 2.24) is 9.88 Å². The molecular formula is C24H30ClN3O4S2. The minimum Gasteiger partial charge on any atom is -0.494 e. The van der Waals surface area contributed by atoms with Gasteiger partial charge in [-0.15, -0.1) is 0 Å². The smallest absolute Gasteiger partial charge is 0.228 e. The van der Waals surface area contributed by atoms with Crippen molar-refractivity contribution in [2.45, 2.75) is 31.1 Å². The fourth-order valence-corrected chi connectivity index (χ4v) is 6.12. The van der Waals surface area contributed by atoms with Gasteiger partial charge in [0.2, 0.25) is 5.91 Å². The minimum atomic E-state index is -3.45. The van der Waals surface area contributed by atoms with Crippen molar-refractivity contribution in [3.8, 4) is 5.75 Å². The van der Waals surface area contributed by atoms with Crippen LogP contribution < -0.4 is 9.64 Å². The second kappa shape index (κ2) is 11.5. The van der Waals surface area contributed by atoms with E-state index in [0.29, 0.717) is 28.0 Å². The van der Waals surface area contributed by atoms with Crippen LogP contribution in [0.2, 0.25) is 5.02 Å². The molecule has 0 fully saturated rings. The molecule has 0 saturated heterocycles. The SMILES string of the molecule is COc1ccc(Cl)c2sc(N(CCCN(C)C)C(=O)CCCS(=O)(=O)c3ccc(C)cc3)nc12. The summed E-state index contributed by atoms with van der Waals surface area (Å²) < 4.78 is 31.5. The highest BCUT2D eigenvalue weighted by Gasteiger charge is 2.23. The van der Waals surface area contributed by atoms with E-state index in [1.165, 1.54) is 11.3 Å². The number of carbonyl (C=O) groups excluding carboxylic acids is 1. The monoisotopic (exact) mass is 523 g/mol. The van der Waals surface area contributed by atoms with Crippen LogP contribution in [-0.2, 0) is 14.6 Å². The number of hydrogen-bond donors (Lipinski definition) is 0. The lowest BCUT2D eigenvalue weighted by molar-refractivity contribution is -0.118. The molecule has 2 aromatic carbocycles. The van der Waals surface area contributed by atoms with Crippen molar-refractivity contribution >= 4 is 54.0 Å². The molecule has 0 aliphatic heterocycles. The highest BCUT2D eigenvalue weighted by Crippen LogP contribution is 2.39. The maximum Gasteiger partial charge on any atom is 0.228 e. The Bertz CT molecular complexity index is 1240. The molecule has 1 heterocycles. The van der Waals surface area contributed by atoms with E-state index in [2.05, 4.69) is 9.88 Å². The first-order valence-corrected chi connectivity index (χ1v) is 13.8. The maximum atomic E-state index is 13.2. The first-order chi connectivity index (χ1) is 16.1. The van der Waals surface area contributed by atoms with E-state index in [1.54, 1.807) is 48.4 Å². The molecule has 0 radical (unpaired) electrons. The quantitative estimate of drug-likeness (QED) is 0.359. The molecule has 3 aromatic rings. The number of thiazole rings is 1. The van der Waals surface area contributed by atoms with Gasteiger partial charge in [-0.2, -0.15) is 0 Å². The van der Waals surface area contributed by atoms with Gasteiger partial charge in [-0.1, -0.05) is 40.6 Å². The van der Waals surface area contributed by atoms with Gasteiger partial charge in [-0.3, -0.25) is 9.69 Å². The van der Waals surface area contributed by atoms with Crippen molar-refractivity contribution in [3.63, 3.8) is 0 Å². The predicted molar refractivity (Wildman–Crippen MR) is 139 cm³/mol. The zero-order chi connectivity index (χ0) is 24.9. The summed E-state index contributed by atoms with van der Waals surface area (Å²) in [5, 5.41) is 1.08. The molecule has 0 unspecified atom stereocenters. The number of anilines is 1. The van der Waals surface area contributed by atoms with Gasteiger partial charge in [0.25, 0.3) is 0 Å². The van der Waals surface area contributed by atoms with Crippen LogP contribution in [0.5, 0.6) is 5.75 Å². The number of rotatable bonds is 11. The lowest BCUT2D eigenvalue weighted by Gasteiger charge is -2.21. The largest absolute Gasteiger partial charge is 0.494 e. The average Bonchev–Trinajstić information content (AvgIpc) is 3.23. The standard InChI is InChI=1S/C24H30ClN3O4S2/c1-17-8-10-18(11-9-17)34(30,31)16-5-7-21(29)28(15-6-14-27(2)3)24-26-22-20(32-4)13-12-19(25)23(22)33-24/h8-13H,5-7,14-16H2,1-4H3. The van der Waals surface area contributed by atoms with E-state index in [4.69, 9.17) is 16.3 Å². The molecular weight excluding hydrogens is 494 g/mol. The molecule has 0 aliphatic carbocycles. The number of fused-ring (bicyclic) bond motifs is 1. The Morgan fingerprint density at radius 2 is 1.79 bits per heavy atom. The Kier molecular flexibility index (Phi) is 8.92. The molecule has 0 bridgehead atoms. The first kappa shape index (κ1) is 26.4. The third-order valence-electron chi connectivity index (χ3n) is 5.37. The molecule has 1 amide bonds. The van der Waals surface area contributed by atoms with Gasteiger partial charge < -0.3 is 9.64 Å². The number of benzene rings is 2. The maximum absolute atomic E-state index is 13.2. The van der Waals surface area contributed by atoms with Gasteiger partial charge in [0.15, 0.2) is 15.0 Å². The fraction of sp³-hybridized carbons (Fsp3) is 0.417. The van der Waals surface area contributed by atoms with Crippen LogP contribution in [0, 0.1) is 6.92 Å². The number of methoxy groups -OCH3 is 1. The van der Waals surface area contributed by atoms with E-state index >= 15 is 0 Å². The number of amides is 1. The topological polar surface area (TPSA) is 79.8 Å². The Morgan fingerprint density at radius 3 is 2.44 bits per heavy atom. The molecule has 0 atom stereocenters. The third kappa shape index (κ3) is 6.47. The fourth-order valence-electron chi connectivity index (χ4n) is 3.51. The predicted octanol–water partition coefficient (Wildman–Crippen LogP) is 4.81. The normalized spacial score (nSPS) is 11.8. The van der Waals surface area contributed by atoms with Gasteiger partial charge in [0.1, 0.15) is 11.3 Å². The summed E-state index contributed by atoms with van der Waals surface area (Å²) in [5.74, 6) is 0.339. The molecule has 7 nitrogen and oxygen atoms in total. The lowest BCUT2D eigenvalue weighted by Crippen LogP contribution is -2.33. The number of ether oxygens (including phenoxy) is 1. The summed E-state index contributed by atoms with van der Waals surface area (Å²) in [6.07, 6.45) is 1.09. The molecule has 10 heteroatoms. The third-order valence-corrected chi connectivity index (χ3v) is 8.73. The zero-order valence-corrected chi connectivity index (χ0v) is 22.3. The molecule has 0 aliphatic rings. The van der Waals surface area contributed by atoms with Gasteiger partial charge >= 0.3 is 0 Å². The molecule has 0 N–H and O–H groups in total. The first-order valence-electron chi connectivity index (χ1n) is 11.0. The summed E-state index contributed by atoms with van der Waals surface area (Å²) >= 11 is 7.71. The van der Waals surface area contributed by atoms with Crippen molar-refractivity contribution in [2.75, 3.05) is 44.9 Å². The number of aromatic nitrogens is 1. The van der Waals surface area contributed by atoms with Crippen LogP contribution in [0.4, 0.5) is 5.13 Å². The van der Waals surface area contributed by atoms with E-state index in [-0.39, 0.29) is 29.4 Å². The number of hydrogen-bond acceptors (Lipinski definition) is 7. The summed E-state index contributed by atoms with van der Waals surface area (Å²) in [6.45, 7) is 3.19. The lowest BCUT2D eigenvalue weighted by atomic mass is 10.2. The van der Waals surface area contributed by atoms with Crippen LogP contribution in [0.1, 0.15) is 24.8 Å². The van der Waals surface area contributed by atoms with Crippen molar-refractivity contribution in [3.05, 3.63) is 47.0 Å². The Labute approximate surface area is 210 Å². The highest BCUT2D eigenvalue weighted by atomic mass is 35.5. The molecule has 3 rings (SSSR count). The Balaban J connectivity index is 1.77. The van der Waals surface area contributed by atoms with Gasteiger partial charge in [-0.05, 0) is 64.7 Å². The van der Waals surface area contributed by atoms with Gasteiger partial charge in [0.05, 0.1) is 27.5 Å². The summed E-state index contributed by atoms with van der Waals surface area (Å²) in [6, 6.07) is 10.3. The highest BCUT2D eigenvalue weighted by molar-refractivity contribution is 7.91. The zero-order valence-electron chi connectivity index (χ0n) is 19.9. The van der Waals surface area contributed by atoms with E-state index in [1.807, 2.05) is 21.0 Å². The van der Waals surface area contributed by atoms with Crippen LogP contribution in [0.15, 0.2) is 41.3 Å². The van der Waals surface area contributed by atoms with E-state index < -0.39 is 9.84 Å². The summed E-state index contributed by atoms with van der Waals surface area (Å²) in [7, 11) is 2.07. The molecule has 0 saturated carbocycles. The van der Waals surface area contributed by atoms with E-state index in [0.717, 1.165) is 23.2 Å². The number of aryl methyl sites for hydroxylation is 1. The van der Waals surface area contributed by atoms with Gasteiger partial charge in [0, 0.05) is 13.0 Å². The molecule has 1 aromatic heterocycles. The minimum absolute atomic E-state index is 0.0904. The second-order valence-electron chi connectivity index (χ2n) is 8.36. The van der Waals surface area contributed by atoms with Crippen LogP contribution >= 0.6 is 22.9 Å². The number of nitrogens with zero attached hydrogens (tertiary/aromatic N) is 3. The van der Waals surface area contributed by atoms with Crippen LogP contribution in [-0.4, -0.2) is 64.3 Å². The Hall–Kier alpha value is -2.20. The average molecular weight is 524 g/mol. The van der Waals surface area contributed by atoms with Gasteiger partial charge in [-0.25, -0.2) is 13.4 Å². The molecule has 0 spiro atoms. The number of carbonyl (C=O) groups is 1. The number of halogens is 1. The number of sulfone groups is 1. The summed E-state index contributed by atoms with van der Waals surface area (Å²) in [5.41, 5.74) is 1.61. The van der Waals surface area contributed by atoms with Crippen LogP contribution in [0.25, 0.3) is 10.2 Å². The Morgan fingerprint density at radius 1 is 1.09 bits per heavy atom. The van der Waals surface area contributed by atoms with Crippen LogP contribution in [0.3, 0.4) is 0 Å².